The number of carbonyl (C=O) groups is 1. The standard InChI is InChI=1S/C10H22.C3H4O2S/c1-3-5-7-9-10-8-6-4-2;1-2-3(4)5-6/h3-10H2,1-2H3;2,6H,1H2. The molecule has 3 heteroatoms. The lowest BCUT2D eigenvalue weighted by molar-refractivity contribution is -0.127. The van der Waals surface area contributed by atoms with Crippen molar-refractivity contribution >= 4 is 18.9 Å². The number of hydrogen-bond acceptors (Lipinski definition) is 3. The highest BCUT2D eigenvalue weighted by atomic mass is 32.1. The molecule has 0 aromatic heterocycles. The zero-order valence-corrected chi connectivity index (χ0v) is 11.6. The molecule has 0 aromatic carbocycles. The second-order valence-corrected chi connectivity index (χ2v) is 3.92. The Balaban J connectivity index is 0. The molecule has 0 saturated carbocycles. The molecule has 0 N–H and O–H groups in total. The van der Waals surface area contributed by atoms with Crippen molar-refractivity contribution in [3.05, 3.63) is 12.7 Å². The van der Waals surface area contributed by atoms with E-state index in [9.17, 15) is 4.79 Å². The van der Waals surface area contributed by atoms with Crippen LogP contribution in [0.3, 0.4) is 0 Å². The second-order valence-electron chi connectivity index (χ2n) is 3.74. The fourth-order valence-corrected chi connectivity index (χ4v) is 1.32. The summed E-state index contributed by atoms with van der Waals surface area (Å²) in [5.41, 5.74) is 0. The van der Waals surface area contributed by atoms with Gasteiger partial charge in [0.05, 0.1) is 0 Å². The first kappa shape index (κ1) is 17.9. The third-order valence-electron chi connectivity index (χ3n) is 2.21. The van der Waals surface area contributed by atoms with Crippen LogP contribution < -0.4 is 0 Å². The Kier molecular flexibility index (Phi) is 19.0. The summed E-state index contributed by atoms with van der Waals surface area (Å²) in [5, 5.41) is 0. The summed E-state index contributed by atoms with van der Waals surface area (Å²) in [5.74, 6) is -0.529. The van der Waals surface area contributed by atoms with E-state index in [1.165, 1.54) is 51.4 Å². The Morgan fingerprint density at radius 3 is 1.62 bits per heavy atom. The van der Waals surface area contributed by atoms with E-state index in [4.69, 9.17) is 0 Å². The summed E-state index contributed by atoms with van der Waals surface area (Å²) >= 11 is 3.17. The van der Waals surface area contributed by atoms with Crippen molar-refractivity contribution in [3.63, 3.8) is 0 Å². The fraction of sp³-hybridized carbons (Fsp3) is 0.769. The van der Waals surface area contributed by atoms with Gasteiger partial charge in [-0.25, -0.2) is 4.79 Å². The molecule has 96 valence electrons. The van der Waals surface area contributed by atoms with Gasteiger partial charge in [-0.15, -0.1) is 0 Å². The summed E-state index contributed by atoms with van der Waals surface area (Å²) in [4.78, 5) is 9.76. The Morgan fingerprint density at radius 1 is 1.06 bits per heavy atom. The molecule has 0 rings (SSSR count). The first-order chi connectivity index (χ1) is 7.72. The molecule has 0 radical (unpaired) electrons. The van der Waals surface area contributed by atoms with Crippen LogP contribution in [-0.2, 0) is 8.98 Å². The van der Waals surface area contributed by atoms with Crippen molar-refractivity contribution in [2.24, 2.45) is 0 Å². The maximum Gasteiger partial charge on any atom is 0.341 e. The third-order valence-corrected chi connectivity index (χ3v) is 2.39. The number of hydrogen-bond donors (Lipinski definition) is 1. The normalized spacial score (nSPS) is 8.94. The molecule has 0 spiro atoms. The van der Waals surface area contributed by atoms with Crippen LogP contribution in [-0.4, -0.2) is 5.97 Å². The zero-order chi connectivity index (χ0) is 12.6. The van der Waals surface area contributed by atoms with E-state index in [2.05, 4.69) is 37.5 Å². The molecule has 0 atom stereocenters. The van der Waals surface area contributed by atoms with E-state index in [0.29, 0.717) is 0 Å². The van der Waals surface area contributed by atoms with Crippen molar-refractivity contribution in [2.45, 2.75) is 65.2 Å². The minimum Gasteiger partial charge on any atom is -0.391 e. The minimum atomic E-state index is -0.529. The van der Waals surface area contributed by atoms with Crippen LogP contribution in [0.15, 0.2) is 12.7 Å². The van der Waals surface area contributed by atoms with Crippen LogP contribution in [0.25, 0.3) is 0 Å². The molecule has 0 heterocycles. The van der Waals surface area contributed by atoms with Crippen molar-refractivity contribution in [2.75, 3.05) is 0 Å². The Labute approximate surface area is 106 Å². The van der Waals surface area contributed by atoms with Gasteiger partial charge in [-0.1, -0.05) is 71.8 Å². The van der Waals surface area contributed by atoms with Gasteiger partial charge in [0.2, 0.25) is 0 Å². The van der Waals surface area contributed by atoms with Gasteiger partial charge in [0.15, 0.2) is 0 Å². The largest absolute Gasteiger partial charge is 0.391 e. The second kappa shape index (κ2) is 17.0. The lowest BCUT2D eigenvalue weighted by atomic mass is 10.1. The van der Waals surface area contributed by atoms with Crippen molar-refractivity contribution in [3.8, 4) is 0 Å². The number of rotatable bonds is 8. The van der Waals surface area contributed by atoms with Gasteiger partial charge < -0.3 is 4.18 Å². The van der Waals surface area contributed by atoms with Gasteiger partial charge in [-0.2, -0.15) is 0 Å². The molecular formula is C13H26O2S. The molecule has 0 unspecified atom stereocenters. The first-order valence-corrected chi connectivity index (χ1v) is 6.57. The van der Waals surface area contributed by atoms with Crippen LogP contribution in [0, 0.1) is 0 Å². The van der Waals surface area contributed by atoms with Gasteiger partial charge in [-0.05, 0) is 0 Å². The van der Waals surface area contributed by atoms with Crippen LogP contribution in [0.1, 0.15) is 65.2 Å². The lowest BCUT2D eigenvalue weighted by Gasteiger charge is -1.97. The van der Waals surface area contributed by atoms with Gasteiger partial charge in [0, 0.05) is 19.0 Å². The average Bonchev–Trinajstić information content (AvgIpc) is 2.33. The van der Waals surface area contributed by atoms with Gasteiger partial charge in [0.25, 0.3) is 0 Å². The van der Waals surface area contributed by atoms with Gasteiger partial charge in [-0.3, -0.25) is 0 Å². The maximum atomic E-state index is 9.76. The van der Waals surface area contributed by atoms with Crippen molar-refractivity contribution in [1.82, 2.24) is 0 Å². The van der Waals surface area contributed by atoms with Crippen LogP contribution in [0.2, 0.25) is 0 Å². The lowest BCUT2D eigenvalue weighted by Crippen LogP contribution is -1.86. The Morgan fingerprint density at radius 2 is 1.44 bits per heavy atom. The summed E-state index contributed by atoms with van der Waals surface area (Å²) in [6.45, 7) is 7.65. The SMILES string of the molecule is C=CC(=O)OS.CCCCCCCCCC. The summed E-state index contributed by atoms with van der Waals surface area (Å²) in [6.07, 6.45) is 12.5. The highest BCUT2D eigenvalue weighted by molar-refractivity contribution is 7.75. The van der Waals surface area contributed by atoms with E-state index in [-0.39, 0.29) is 0 Å². The molecule has 0 amide bonds. The Bertz CT molecular complexity index is 150. The van der Waals surface area contributed by atoms with Gasteiger partial charge >= 0.3 is 5.97 Å². The average molecular weight is 246 g/mol. The molecule has 0 aliphatic heterocycles. The highest BCUT2D eigenvalue weighted by Gasteiger charge is 1.87. The molecular weight excluding hydrogens is 220 g/mol. The van der Waals surface area contributed by atoms with E-state index in [1.807, 2.05) is 0 Å². The predicted molar refractivity (Wildman–Crippen MR) is 73.6 cm³/mol. The minimum absolute atomic E-state index is 0.529. The molecule has 16 heavy (non-hydrogen) atoms. The molecule has 0 bridgehead atoms. The first-order valence-electron chi connectivity index (χ1n) is 6.20. The van der Waals surface area contributed by atoms with Crippen LogP contribution in [0.4, 0.5) is 0 Å². The van der Waals surface area contributed by atoms with Crippen molar-refractivity contribution < 1.29 is 8.98 Å². The fourth-order valence-electron chi connectivity index (χ4n) is 1.24. The topological polar surface area (TPSA) is 26.3 Å². The van der Waals surface area contributed by atoms with Gasteiger partial charge in [0.1, 0.15) is 0 Å². The summed E-state index contributed by atoms with van der Waals surface area (Å²) < 4.78 is 3.84. The molecule has 2 nitrogen and oxygen atoms in total. The monoisotopic (exact) mass is 246 g/mol. The Hall–Kier alpha value is -0.440. The number of thiol groups is 1. The van der Waals surface area contributed by atoms with Crippen LogP contribution >= 0.6 is 12.9 Å². The molecule has 0 fully saturated rings. The van der Waals surface area contributed by atoms with E-state index in [0.717, 1.165) is 6.08 Å². The van der Waals surface area contributed by atoms with E-state index in [1.54, 1.807) is 0 Å². The van der Waals surface area contributed by atoms with E-state index < -0.39 is 5.97 Å². The molecule has 0 aromatic rings. The number of unbranched alkanes of at least 4 members (excludes halogenated alkanes) is 7. The molecule has 0 saturated heterocycles. The smallest absolute Gasteiger partial charge is 0.341 e. The quantitative estimate of drug-likeness (QED) is 0.290. The van der Waals surface area contributed by atoms with Crippen LogP contribution in [0.5, 0.6) is 0 Å². The molecule has 0 aliphatic rings. The third kappa shape index (κ3) is 19.2. The zero-order valence-electron chi connectivity index (χ0n) is 10.7. The van der Waals surface area contributed by atoms with Crippen molar-refractivity contribution in [1.29, 1.82) is 0 Å². The summed E-state index contributed by atoms with van der Waals surface area (Å²) in [7, 11) is 0. The van der Waals surface area contributed by atoms with E-state index >= 15 is 0 Å². The summed E-state index contributed by atoms with van der Waals surface area (Å²) in [6, 6.07) is 0. The molecule has 0 aliphatic carbocycles. The maximum absolute atomic E-state index is 9.76. The highest BCUT2D eigenvalue weighted by Crippen LogP contribution is 2.07. The predicted octanol–water partition coefficient (Wildman–Crippen LogP) is 4.71. The number of carbonyl (C=O) groups excluding carboxylic acids is 1.